The molecule has 160 valence electrons. The Morgan fingerprint density at radius 1 is 1.00 bits per heavy atom. The van der Waals surface area contributed by atoms with Crippen molar-refractivity contribution in [3.05, 3.63) is 84.1 Å². The molecule has 5 rings (SSSR count). The van der Waals surface area contributed by atoms with Crippen LogP contribution in [-0.2, 0) is 11.2 Å². The van der Waals surface area contributed by atoms with E-state index in [1.54, 1.807) is 17.7 Å². The fraction of sp³-hybridized carbons (Fsp3) is 0.200. The molecule has 1 fully saturated rings. The Kier molecular flexibility index (Phi) is 5.89. The Labute approximate surface area is 191 Å². The lowest BCUT2D eigenvalue weighted by Gasteiger charge is -2.39. The summed E-state index contributed by atoms with van der Waals surface area (Å²) in [7, 11) is 0. The van der Waals surface area contributed by atoms with Crippen molar-refractivity contribution in [1.29, 1.82) is 0 Å². The van der Waals surface area contributed by atoms with Crippen LogP contribution in [0.1, 0.15) is 5.69 Å². The molecule has 0 atom stereocenters. The van der Waals surface area contributed by atoms with Gasteiger partial charge in [-0.3, -0.25) is 4.79 Å². The molecule has 0 saturated carbocycles. The largest absolute Gasteiger partial charge is 0.355 e. The summed E-state index contributed by atoms with van der Waals surface area (Å²) < 4.78 is 0. The lowest BCUT2D eigenvalue weighted by molar-refractivity contribution is -0.125. The van der Waals surface area contributed by atoms with Gasteiger partial charge in [0, 0.05) is 48.6 Å². The average Bonchev–Trinajstić information content (AvgIpc) is 3.28. The third-order valence-electron chi connectivity index (χ3n) is 5.55. The van der Waals surface area contributed by atoms with E-state index in [1.807, 2.05) is 54.6 Å². The SMILES string of the molecule is O=C(NCCc1csc(-c2ccccc2)n1)C1CN(c2cc(-c3ccccc3)ncn2)C1. The van der Waals surface area contributed by atoms with Crippen molar-refractivity contribution in [2.24, 2.45) is 5.92 Å². The van der Waals surface area contributed by atoms with Crippen molar-refractivity contribution < 1.29 is 4.79 Å². The van der Waals surface area contributed by atoms with Gasteiger partial charge in [0.25, 0.3) is 0 Å². The third kappa shape index (κ3) is 4.53. The summed E-state index contributed by atoms with van der Waals surface area (Å²) >= 11 is 1.64. The molecule has 1 amide bonds. The molecule has 0 bridgehead atoms. The first-order chi connectivity index (χ1) is 15.8. The van der Waals surface area contributed by atoms with Gasteiger partial charge in [-0.05, 0) is 0 Å². The summed E-state index contributed by atoms with van der Waals surface area (Å²) in [6.07, 6.45) is 2.32. The van der Waals surface area contributed by atoms with Crippen LogP contribution in [0.3, 0.4) is 0 Å². The molecule has 1 saturated heterocycles. The van der Waals surface area contributed by atoms with Crippen LogP contribution in [-0.4, -0.2) is 40.5 Å². The number of nitrogens with one attached hydrogen (secondary N) is 1. The van der Waals surface area contributed by atoms with Crippen molar-refractivity contribution >= 4 is 23.1 Å². The number of hydrogen-bond donors (Lipinski definition) is 1. The van der Waals surface area contributed by atoms with E-state index in [1.165, 1.54) is 0 Å². The normalized spacial score (nSPS) is 13.6. The van der Waals surface area contributed by atoms with E-state index in [0.717, 1.165) is 39.8 Å². The van der Waals surface area contributed by atoms with Gasteiger partial charge < -0.3 is 10.2 Å². The molecule has 1 aliphatic rings. The molecule has 0 spiro atoms. The smallest absolute Gasteiger partial charge is 0.226 e. The van der Waals surface area contributed by atoms with Gasteiger partial charge in [0.1, 0.15) is 17.2 Å². The van der Waals surface area contributed by atoms with E-state index in [9.17, 15) is 4.79 Å². The maximum atomic E-state index is 12.5. The van der Waals surface area contributed by atoms with Crippen LogP contribution in [0.5, 0.6) is 0 Å². The minimum Gasteiger partial charge on any atom is -0.355 e. The number of carbonyl (C=O) groups is 1. The standard InChI is InChI=1S/C25H23N5OS/c31-24(26-12-11-21-16-32-25(29-21)19-9-5-2-6-10-19)20-14-30(15-20)23-13-22(27-17-28-23)18-7-3-1-4-8-18/h1-10,13,16-17,20H,11-12,14-15H2,(H,26,31). The molecule has 32 heavy (non-hydrogen) atoms. The van der Waals surface area contributed by atoms with Crippen LogP contribution < -0.4 is 10.2 Å². The topological polar surface area (TPSA) is 71.0 Å². The van der Waals surface area contributed by atoms with E-state index in [2.05, 4.69) is 42.7 Å². The molecule has 0 unspecified atom stereocenters. The van der Waals surface area contributed by atoms with Crippen LogP contribution >= 0.6 is 11.3 Å². The first-order valence-corrected chi connectivity index (χ1v) is 11.5. The molecule has 0 radical (unpaired) electrons. The van der Waals surface area contributed by atoms with Crippen molar-refractivity contribution in [1.82, 2.24) is 20.3 Å². The molecule has 1 N–H and O–H groups in total. The van der Waals surface area contributed by atoms with Gasteiger partial charge in [-0.1, -0.05) is 60.7 Å². The molecular weight excluding hydrogens is 418 g/mol. The summed E-state index contributed by atoms with van der Waals surface area (Å²) in [5.74, 6) is 0.941. The lowest BCUT2D eigenvalue weighted by Crippen LogP contribution is -2.54. The van der Waals surface area contributed by atoms with E-state index in [0.29, 0.717) is 19.6 Å². The highest BCUT2D eigenvalue weighted by Gasteiger charge is 2.33. The molecule has 4 aromatic rings. The quantitative estimate of drug-likeness (QED) is 0.468. The number of thiazole rings is 1. The molecule has 6 nitrogen and oxygen atoms in total. The van der Waals surface area contributed by atoms with Crippen molar-refractivity contribution in [2.45, 2.75) is 6.42 Å². The second-order valence-electron chi connectivity index (χ2n) is 7.78. The summed E-state index contributed by atoms with van der Waals surface area (Å²) in [6, 6.07) is 22.2. The maximum absolute atomic E-state index is 12.5. The highest BCUT2D eigenvalue weighted by atomic mass is 32.1. The Hall–Kier alpha value is -3.58. The third-order valence-corrected chi connectivity index (χ3v) is 6.49. The Morgan fingerprint density at radius 3 is 2.47 bits per heavy atom. The van der Waals surface area contributed by atoms with Crippen LogP contribution in [0.4, 0.5) is 5.82 Å². The first-order valence-electron chi connectivity index (χ1n) is 10.7. The van der Waals surface area contributed by atoms with E-state index in [4.69, 9.17) is 0 Å². The Bertz CT molecular complexity index is 1190. The van der Waals surface area contributed by atoms with Crippen LogP contribution in [0.2, 0.25) is 0 Å². The number of anilines is 1. The predicted molar refractivity (Wildman–Crippen MR) is 127 cm³/mol. The fourth-order valence-electron chi connectivity index (χ4n) is 3.71. The van der Waals surface area contributed by atoms with Gasteiger partial charge in [0.05, 0.1) is 17.3 Å². The van der Waals surface area contributed by atoms with Crippen LogP contribution in [0, 0.1) is 5.92 Å². The van der Waals surface area contributed by atoms with Gasteiger partial charge >= 0.3 is 0 Å². The maximum Gasteiger partial charge on any atom is 0.226 e. The number of nitrogens with zero attached hydrogens (tertiary/aromatic N) is 4. The summed E-state index contributed by atoms with van der Waals surface area (Å²) in [6.45, 7) is 1.94. The van der Waals surface area contributed by atoms with Crippen LogP contribution in [0.25, 0.3) is 21.8 Å². The molecule has 0 aliphatic carbocycles. The zero-order valence-corrected chi connectivity index (χ0v) is 18.3. The van der Waals surface area contributed by atoms with Gasteiger partial charge in [-0.15, -0.1) is 11.3 Å². The summed E-state index contributed by atoms with van der Waals surface area (Å²) in [5, 5.41) is 6.14. The predicted octanol–water partition coefficient (Wildman–Crippen LogP) is 4.06. The van der Waals surface area contributed by atoms with Crippen molar-refractivity contribution in [2.75, 3.05) is 24.5 Å². The number of aromatic nitrogens is 3. The zero-order valence-electron chi connectivity index (χ0n) is 17.5. The number of hydrogen-bond acceptors (Lipinski definition) is 6. The van der Waals surface area contributed by atoms with Gasteiger partial charge in [0.2, 0.25) is 5.91 Å². The number of amides is 1. The molecular formula is C25H23N5OS. The van der Waals surface area contributed by atoms with E-state index in [-0.39, 0.29) is 11.8 Å². The molecule has 1 aliphatic heterocycles. The highest BCUT2D eigenvalue weighted by Crippen LogP contribution is 2.26. The van der Waals surface area contributed by atoms with Crippen molar-refractivity contribution in [3.63, 3.8) is 0 Å². The average molecular weight is 442 g/mol. The molecule has 2 aromatic carbocycles. The number of benzene rings is 2. The summed E-state index contributed by atoms with van der Waals surface area (Å²) in [4.78, 5) is 28.1. The van der Waals surface area contributed by atoms with Gasteiger partial charge in [-0.2, -0.15) is 0 Å². The summed E-state index contributed by atoms with van der Waals surface area (Å²) in [5.41, 5.74) is 4.09. The van der Waals surface area contributed by atoms with Gasteiger partial charge in [0.15, 0.2) is 0 Å². The molecule has 3 heterocycles. The van der Waals surface area contributed by atoms with Crippen LogP contribution in [0.15, 0.2) is 78.4 Å². The minimum absolute atomic E-state index is 0.0135. The lowest BCUT2D eigenvalue weighted by atomic mass is 9.99. The molecule has 2 aromatic heterocycles. The second-order valence-corrected chi connectivity index (χ2v) is 8.64. The fourth-order valence-corrected chi connectivity index (χ4v) is 4.57. The first kappa shape index (κ1) is 20.3. The number of carbonyl (C=O) groups excluding carboxylic acids is 1. The van der Waals surface area contributed by atoms with Crippen molar-refractivity contribution in [3.8, 4) is 21.8 Å². The highest BCUT2D eigenvalue weighted by molar-refractivity contribution is 7.13. The zero-order chi connectivity index (χ0) is 21.8. The van der Waals surface area contributed by atoms with E-state index < -0.39 is 0 Å². The van der Waals surface area contributed by atoms with E-state index >= 15 is 0 Å². The monoisotopic (exact) mass is 441 g/mol. The van der Waals surface area contributed by atoms with Gasteiger partial charge in [-0.25, -0.2) is 15.0 Å². The number of rotatable bonds is 7. The second kappa shape index (κ2) is 9.28. The Morgan fingerprint density at radius 2 is 1.72 bits per heavy atom. The molecule has 7 heteroatoms. The minimum atomic E-state index is -0.0135. The Balaban J connectivity index is 1.10.